The van der Waals surface area contributed by atoms with Crippen LogP contribution in [0.15, 0.2) is 29.7 Å². The quantitative estimate of drug-likeness (QED) is 0.860. The van der Waals surface area contributed by atoms with Crippen LogP contribution in [-0.2, 0) is 10.0 Å². The Morgan fingerprint density at radius 2 is 2.12 bits per heavy atom. The molecule has 8 nitrogen and oxygen atoms in total. The van der Waals surface area contributed by atoms with E-state index in [1.807, 2.05) is 18.6 Å². The molecule has 1 amide bonds. The molecule has 0 unspecified atom stereocenters. The number of hydrogen-bond acceptors (Lipinski definition) is 6. The van der Waals surface area contributed by atoms with Crippen LogP contribution in [0.3, 0.4) is 0 Å². The average Bonchev–Trinajstić information content (AvgIpc) is 3.04. The minimum atomic E-state index is -4.23. The van der Waals surface area contributed by atoms with Gasteiger partial charge >= 0.3 is 0 Å². The second kappa shape index (κ2) is 6.90. The average molecular weight is 366 g/mol. The molecule has 2 rings (SSSR count). The predicted molar refractivity (Wildman–Crippen MR) is 84.9 cm³/mol. The van der Waals surface area contributed by atoms with E-state index in [1.54, 1.807) is 10.6 Å². The van der Waals surface area contributed by atoms with Crippen molar-refractivity contribution in [1.82, 2.24) is 14.3 Å². The fraction of sp³-hybridized carbons (Fsp3) is 0.267. The number of carbonyl (C=O) groups excluding carboxylic acids is 1. The van der Waals surface area contributed by atoms with Crippen LogP contribution in [0.2, 0.25) is 0 Å². The molecule has 1 N–H and O–H groups in total. The number of ether oxygens (including phenoxy) is 1. The third kappa shape index (κ3) is 3.77. The van der Waals surface area contributed by atoms with Gasteiger partial charge < -0.3 is 9.30 Å². The normalized spacial score (nSPS) is 11.2. The Hall–Kier alpha value is -2.93. The zero-order chi connectivity index (χ0) is 18.8. The van der Waals surface area contributed by atoms with Gasteiger partial charge in [0, 0.05) is 17.8 Å². The maximum atomic E-state index is 13.9. The first kappa shape index (κ1) is 18.4. The van der Waals surface area contributed by atoms with Crippen molar-refractivity contribution in [3.05, 3.63) is 41.6 Å². The fourth-order valence-electron chi connectivity index (χ4n) is 1.95. The van der Waals surface area contributed by atoms with E-state index in [4.69, 9.17) is 10.00 Å². The first-order chi connectivity index (χ1) is 11.7. The highest BCUT2D eigenvalue weighted by Gasteiger charge is 2.23. The number of halogens is 1. The van der Waals surface area contributed by atoms with E-state index in [0.29, 0.717) is 0 Å². The Morgan fingerprint density at radius 1 is 1.44 bits per heavy atom. The van der Waals surface area contributed by atoms with Crippen molar-refractivity contribution in [3.63, 3.8) is 0 Å². The monoisotopic (exact) mass is 366 g/mol. The van der Waals surface area contributed by atoms with Gasteiger partial charge in [0.2, 0.25) is 0 Å². The Labute approximate surface area is 143 Å². The maximum Gasteiger partial charge on any atom is 0.283 e. The first-order valence-corrected chi connectivity index (χ1v) is 8.56. The van der Waals surface area contributed by atoms with Crippen LogP contribution < -0.4 is 9.46 Å². The van der Waals surface area contributed by atoms with Crippen LogP contribution in [-0.4, -0.2) is 31.0 Å². The number of imidazole rings is 1. The Bertz CT molecular complexity index is 960. The van der Waals surface area contributed by atoms with Crippen molar-refractivity contribution in [3.8, 4) is 11.8 Å². The molecule has 0 bridgehead atoms. The molecule has 0 saturated carbocycles. The number of sulfonamides is 1. The van der Waals surface area contributed by atoms with E-state index in [1.165, 1.54) is 19.6 Å². The number of benzene rings is 1. The number of rotatable bonds is 5. The van der Waals surface area contributed by atoms with E-state index in [2.05, 4.69) is 4.98 Å². The van der Waals surface area contributed by atoms with Crippen LogP contribution in [0.25, 0.3) is 0 Å². The van der Waals surface area contributed by atoms with Gasteiger partial charge in [-0.1, -0.05) is 0 Å². The Balaban J connectivity index is 2.32. The molecule has 0 aliphatic carbocycles. The number of aromatic nitrogens is 2. The van der Waals surface area contributed by atoms with Gasteiger partial charge in [-0.2, -0.15) is 13.7 Å². The number of carbonyl (C=O) groups is 1. The molecule has 0 spiro atoms. The van der Waals surface area contributed by atoms with Crippen molar-refractivity contribution >= 4 is 15.9 Å². The van der Waals surface area contributed by atoms with E-state index in [0.717, 1.165) is 12.1 Å². The fourth-order valence-corrected chi connectivity index (χ4v) is 2.87. The largest absolute Gasteiger partial charge is 0.495 e. The molecule has 10 heteroatoms. The summed E-state index contributed by atoms with van der Waals surface area (Å²) >= 11 is 0. The van der Waals surface area contributed by atoms with E-state index < -0.39 is 21.7 Å². The first-order valence-electron chi connectivity index (χ1n) is 7.08. The summed E-state index contributed by atoms with van der Waals surface area (Å²) in [6.45, 7) is 3.67. The van der Waals surface area contributed by atoms with Crippen LogP contribution in [0.1, 0.15) is 35.8 Å². The zero-order valence-electron chi connectivity index (χ0n) is 13.6. The summed E-state index contributed by atoms with van der Waals surface area (Å²) in [6, 6.07) is 3.44. The molecule has 132 valence electrons. The Morgan fingerprint density at radius 3 is 2.64 bits per heavy atom. The lowest BCUT2D eigenvalue weighted by molar-refractivity contribution is 0.0980. The van der Waals surface area contributed by atoms with Crippen LogP contribution in [0.5, 0.6) is 5.75 Å². The lowest BCUT2D eigenvalue weighted by Crippen LogP contribution is -2.31. The van der Waals surface area contributed by atoms with Gasteiger partial charge in [0.25, 0.3) is 15.9 Å². The van der Waals surface area contributed by atoms with Crippen LogP contribution >= 0.6 is 0 Å². The SMILES string of the molecule is COc1cc(C(=O)NS(=O)(=O)c2cn(C(C)C)cn2)cc(F)c1C#N. The minimum absolute atomic E-state index is 0.0102. The predicted octanol–water partition coefficient (Wildman–Crippen LogP) is 1.60. The smallest absolute Gasteiger partial charge is 0.283 e. The maximum absolute atomic E-state index is 13.9. The number of methoxy groups -OCH3 is 1. The summed E-state index contributed by atoms with van der Waals surface area (Å²) in [5, 5.41) is 8.53. The van der Waals surface area contributed by atoms with Gasteiger partial charge in [-0.25, -0.2) is 14.1 Å². The molecule has 0 aliphatic heterocycles. The van der Waals surface area contributed by atoms with Gasteiger partial charge in [-0.15, -0.1) is 0 Å². The van der Waals surface area contributed by atoms with Gasteiger partial charge in [0.15, 0.2) is 5.03 Å². The summed E-state index contributed by atoms with van der Waals surface area (Å²) in [7, 11) is -3.03. The molecule has 0 atom stereocenters. The molecule has 0 saturated heterocycles. The minimum Gasteiger partial charge on any atom is -0.495 e. The number of amides is 1. The van der Waals surface area contributed by atoms with Crippen molar-refractivity contribution in [2.45, 2.75) is 24.9 Å². The lowest BCUT2D eigenvalue weighted by Gasteiger charge is -2.08. The van der Waals surface area contributed by atoms with Gasteiger partial charge in [0.1, 0.15) is 23.2 Å². The van der Waals surface area contributed by atoms with E-state index in [-0.39, 0.29) is 27.9 Å². The summed E-state index contributed by atoms with van der Waals surface area (Å²) < 4.78 is 46.5. The second-order valence-corrected chi connectivity index (χ2v) is 6.96. The van der Waals surface area contributed by atoms with Crippen molar-refractivity contribution < 1.29 is 22.3 Å². The highest BCUT2D eigenvalue weighted by atomic mass is 32.2. The standard InChI is InChI=1S/C15H15FN4O4S/c1-9(2)20-7-14(18-8-20)25(22,23)19-15(21)10-4-12(16)11(6-17)13(5-10)24-3/h4-5,7-9H,1-3H3,(H,19,21). The van der Waals surface area contributed by atoms with Crippen molar-refractivity contribution in [1.29, 1.82) is 5.26 Å². The molecule has 1 aromatic carbocycles. The highest BCUT2D eigenvalue weighted by molar-refractivity contribution is 7.90. The zero-order valence-corrected chi connectivity index (χ0v) is 14.5. The topological polar surface area (TPSA) is 114 Å². The lowest BCUT2D eigenvalue weighted by atomic mass is 10.1. The molecular weight excluding hydrogens is 351 g/mol. The molecule has 1 heterocycles. The van der Waals surface area contributed by atoms with Gasteiger partial charge in [-0.3, -0.25) is 4.79 Å². The van der Waals surface area contributed by atoms with Gasteiger partial charge in [0.05, 0.1) is 13.4 Å². The molecular formula is C15H15FN4O4S. The third-order valence-corrected chi connectivity index (χ3v) is 4.54. The second-order valence-electron chi connectivity index (χ2n) is 5.33. The van der Waals surface area contributed by atoms with Gasteiger partial charge in [-0.05, 0) is 26.0 Å². The number of nitriles is 1. The van der Waals surface area contributed by atoms with Crippen LogP contribution in [0.4, 0.5) is 4.39 Å². The molecule has 0 fully saturated rings. The van der Waals surface area contributed by atoms with E-state index in [9.17, 15) is 17.6 Å². The van der Waals surface area contributed by atoms with E-state index >= 15 is 0 Å². The number of nitrogens with one attached hydrogen (secondary N) is 1. The van der Waals surface area contributed by atoms with Crippen LogP contribution in [0, 0.1) is 17.1 Å². The van der Waals surface area contributed by atoms with Crippen molar-refractivity contribution in [2.75, 3.05) is 7.11 Å². The Kier molecular flexibility index (Phi) is 5.08. The molecule has 1 aromatic heterocycles. The third-order valence-electron chi connectivity index (χ3n) is 3.32. The summed E-state index contributed by atoms with van der Waals surface area (Å²) in [5.74, 6) is -2.23. The molecule has 25 heavy (non-hydrogen) atoms. The molecule has 0 aliphatic rings. The molecule has 0 radical (unpaired) electrons. The molecule has 2 aromatic rings. The highest BCUT2D eigenvalue weighted by Crippen LogP contribution is 2.23. The summed E-state index contributed by atoms with van der Waals surface area (Å²) in [6.07, 6.45) is 2.61. The van der Waals surface area contributed by atoms with Crippen molar-refractivity contribution in [2.24, 2.45) is 0 Å². The summed E-state index contributed by atoms with van der Waals surface area (Å²) in [5.41, 5.74) is -0.683. The summed E-state index contributed by atoms with van der Waals surface area (Å²) in [4.78, 5) is 15.9. The number of hydrogen-bond donors (Lipinski definition) is 1. The number of nitrogens with zero attached hydrogens (tertiary/aromatic N) is 3.